The van der Waals surface area contributed by atoms with Gasteiger partial charge >= 0.3 is 0 Å². The number of halogens is 1. The highest BCUT2D eigenvalue weighted by molar-refractivity contribution is 7.99. The summed E-state index contributed by atoms with van der Waals surface area (Å²) in [5.41, 5.74) is 4.87. The van der Waals surface area contributed by atoms with Gasteiger partial charge in [-0.15, -0.1) is 0 Å². The van der Waals surface area contributed by atoms with Gasteiger partial charge in [0.1, 0.15) is 6.26 Å². The smallest absolute Gasteiger partial charge is 0.225 e. The third-order valence-electron chi connectivity index (χ3n) is 4.35. The van der Waals surface area contributed by atoms with E-state index < -0.39 is 0 Å². The summed E-state index contributed by atoms with van der Waals surface area (Å²) in [6.07, 6.45) is 3.22. The van der Waals surface area contributed by atoms with E-state index in [9.17, 15) is 0 Å². The molecule has 2 heterocycles. The molecule has 0 fully saturated rings. The van der Waals surface area contributed by atoms with Gasteiger partial charge in [0.2, 0.25) is 5.89 Å². The van der Waals surface area contributed by atoms with Crippen molar-refractivity contribution < 1.29 is 4.42 Å². The minimum atomic E-state index is 0.591. The van der Waals surface area contributed by atoms with Crippen LogP contribution in [0, 0.1) is 0 Å². The summed E-state index contributed by atoms with van der Waals surface area (Å²) in [5, 5.41) is 0.710. The Labute approximate surface area is 165 Å². The number of fused-ring (bicyclic) bond motifs is 2. The van der Waals surface area contributed by atoms with Gasteiger partial charge < -0.3 is 4.42 Å². The average Bonchev–Trinajstić information content (AvgIpc) is 3.18. The number of nitrogens with zero attached hydrogens (tertiary/aromatic N) is 2. The van der Waals surface area contributed by atoms with Crippen molar-refractivity contribution in [3.8, 4) is 11.5 Å². The van der Waals surface area contributed by atoms with Gasteiger partial charge in [0.05, 0.1) is 17.6 Å². The minimum absolute atomic E-state index is 0.591. The molecule has 4 aromatic rings. The molecule has 130 valence electrons. The number of benzene rings is 3. The topological polar surface area (TPSA) is 38.4 Å². The van der Waals surface area contributed by atoms with Crippen LogP contribution in [0.2, 0.25) is 5.02 Å². The second kappa shape index (κ2) is 6.72. The maximum absolute atomic E-state index is 6.08. The van der Waals surface area contributed by atoms with E-state index in [2.05, 4.69) is 29.2 Å². The molecule has 3 aromatic carbocycles. The molecule has 1 aromatic heterocycles. The molecule has 0 atom stereocenters. The first-order chi connectivity index (χ1) is 13.3. The summed E-state index contributed by atoms with van der Waals surface area (Å²) in [5.74, 6) is 0.591. The molecule has 3 nitrogen and oxygen atoms in total. The van der Waals surface area contributed by atoms with Crippen LogP contribution in [-0.2, 0) is 0 Å². The highest BCUT2D eigenvalue weighted by Crippen LogP contribution is 2.42. The zero-order chi connectivity index (χ0) is 18.2. The lowest BCUT2D eigenvalue weighted by Crippen LogP contribution is -2.03. The van der Waals surface area contributed by atoms with E-state index in [1.165, 1.54) is 4.90 Å². The monoisotopic (exact) mass is 388 g/mol. The molecular weight excluding hydrogens is 376 g/mol. The number of rotatable bonds is 2. The van der Waals surface area contributed by atoms with E-state index in [1.807, 2.05) is 42.5 Å². The fourth-order valence-electron chi connectivity index (χ4n) is 3.07. The molecule has 1 aliphatic rings. The van der Waals surface area contributed by atoms with Crippen LogP contribution in [-0.4, -0.2) is 10.7 Å². The maximum Gasteiger partial charge on any atom is 0.225 e. The van der Waals surface area contributed by atoms with E-state index in [4.69, 9.17) is 21.0 Å². The molecule has 0 unspecified atom stereocenters. The third kappa shape index (κ3) is 3.07. The van der Waals surface area contributed by atoms with Crippen LogP contribution in [0.5, 0.6) is 0 Å². The number of aromatic nitrogens is 1. The summed E-state index contributed by atoms with van der Waals surface area (Å²) in [6.45, 7) is 0. The van der Waals surface area contributed by atoms with Crippen molar-refractivity contribution >= 4 is 34.8 Å². The van der Waals surface area contributed by atoms with Crippen molar-refractivity contribution in [2.45, 2.75) is 9.79 Å². The predicted octanol–water partition coefficient (Wildman–Crippen LogP) is 6.63. The molecule has 0 saturated carbocycles. The van der Waals surface area contributed by atoms with Gasteiger partial charge in [-0.25, -0.2) is 9.98 Å². The largest absolute Gasteiger partial charge is 0.445 e. The van der Waals surface area contributed by atoms with Crippen molar-refractivity contribution in [1.82, 2.24) is 4.98 Å². The van der Waals surface area contributed by atoms with Crippen molar-refractivity contribution in [2.24, 2.45) is 4.99 Å². The first-order valence-corrected chi connectivity index (χ1v) is 9.63. The Hall–Kier alpha value is -2.82. The molecule has 0 spiro atoms. The molecule has 1 aliphatic heterocycles. The zero-order valence-electron chi connectivity index (χ0n) is 14.1. The van der Waals surface area contributed by atoms with Gasteiger partial charge in [0, 0.05) is 31.5 Å². The van der Waals surface area contributed by atoms with Crippen molar-refractivity contribution in [3.05, 3.63) is 95.3 Å². The van der Waals surface area contributed by atoms with Crippen molar-refractivity contribution in [3.63, 3.8) is 0 Å². The molecule has 27 heavy (non-hydrogen) atoms. The Morgan fingerprint density at radius 2 is 1.67 bits per heavy atom. The SMILES string of the molecule is Clc1ccc(C2=Nc3cc(-c4ncco4)ccc3Sc3ccccc32)cc1. The number of oxazole rings is 1. The summed E-state index contributed by atoms with van der Waals surface area (Å²) < 4.78 is 5.45. The Balaban J connectivity index is 1.72. The first kappa shape index (κ1) is 16.4. The normalized spacial score (nSPS) is 12.7. The Kier molecular flexibility index (Phi) is 4.07. The Morgan fingerprint density at radius 3 is 2.48 bits per heavy atom. The van der Waals surface area contributed by atoms with E-state index in [-0.39, 0.29) is 0 Å². The number of hydrogen-bond donors (Lipinski definition) is 0. The third-order valence-corrected chi connectivity index (χ3v) is 5.74. The van der Waals surface area contributed by atoms with E-state index in [1.54, 1.807) is 24.2 Å². The highest BCUT2D eigenvalue weighted by Gasteiger charge is 2.19. The molecule has 0 bridgehead atoms. The van der Waals surface area contributed by atoms with Gasteiger partial charge in [0.15, 0.2) is 0 Å². The molecule has 5 rings (SSSR count). The molecule has 0 aliphatic carbocycles. The highest BCUT2D eigenvalue weighted by atomic mass is 35.5. The first-order valence-electron chi connectivity index (χ1n) is 8.44. The minimum Gasteiger partial charge on any atom is -0.445 e. The molecule has 0 amide bonds. The summed E-state index contributed by atoms with van der Waals surface area (Å²) in [7, 11) is 0. The second-order valence-electron chi connectivity index (χ2n) is 6.09. The van der Waals surface area contributed by atoms with Crippen LogP contribution in [0.4, 0.5) is 5.69 Å². The lowest BCUT2D eigenvalue weighted by Gasteiger charge is -2.09. The van der Waals surface area contributed by atoms with Crippen LogP contribution in [0.15, 0.2) is 98.4 Å². The molecule has 0 N–H and O–H groups in total. The van der Waals surface area contributed by atoms with E-state index >= 15 is 0 Å². The van der Waals surface area contributed by atoms with E-state index in [0.717, 1.165) is 33.0 Å². The van der Waals surface area contributed by atoms with Gasteiger partial charge in [-0.05, 0) is 36.4 Å². The molecular formula is C22H13ClN2OS. The summed E-state index contributed by atoms with van der Waals surface area (Å²) in [4.78, 5) is 11.6. The van der Waals surface area contributed by atoms with Crippen LogP contribution in [0.1, 0.15) is 11.1 Å². The van der Waals surface area contributed by atoms with Crippen LogP contribution < -0.4 is 0 Å². The summed E-state index contributed by atoms with van der Waals surface area (Å²) in [6, 6.07) is 22.2. The van der Waals surface area contributed by atoms with Gasteiger partial charge in [-0.2, -0.15) is 0 Å². The van der Waals surface area contributed by atoms with Crippen LogP contribution in [0.25, 0.3) is 11.5 Å². The number of hydrogen-bond acceptors (Lipinski definition) is 4. The van der Waals surface area contributed by atoms with E-state index in [0.29, 0.717) is 10.9 Å². The van der Waals surface area contributed by atoms with Gasteiger partial charge in [-0.3, -0.25) is 0 Å². The molecule has 0 saturated heterocycles. The molecule has 0 radical (unpaired) electrons. The maximum atomic E-state index is 6.08. The van der Waals surface area contributed by atoms with Gasteiger partial charge in [0.25, 0.3) is 0 Å². The fraction of sp³-hybridized carbons (Fsp3) is 0. The Morgan fingerprint density at radius 1 is 0.852 bits per heavy atom. The van der Waals surface area contributed by atoms with Crippen molar-refractivity contribution in [2.75, 3.05) is 0 Å². The summed E-state index contributed by atoms with van der Waals surface area (Å²) >= 11 is 7.80. The van der Waals surface area contributed by atoms with Gasteiger partial charge in [-0.1, -0.05) is 53.7 Å². The standard InChI is InChI=1S/C22H13ClN2OS/c23-16-8-5-14(6-9-16)21-17-3-1-2-4-19(17)27-20-10-7-15(13-18(20)25-21)22-24-11-12-26-22/h1-13H. The quantitative estimate of drug-likeness (QED) is 0.340. The van der Waals surface area contributed by atoms with Crippen LogP contribution in [0.3, 0.4) is 0 Å². The lowest BCUT2D eigenvalue weighted by atomic mass is 10.0. The zero-order valence-corrected chi connectivity index (χ0v) is 15.7. The average molecular weight is 389 g/mol. The second-order valence-corrected chi connectivity index (χ2v) is 7.61. The van der Waals surface area contributed by atoms with Crippen LogP contribution >= 0.6 is 23.4 Å². The van der Waals surface area contributed by atoms with Crippen molar-refractivity contribution in [1.29, 1.82) is 0 Å². The number of aliphatic imine (C=N–C) groups is 1. The fourth-order valence-corrected chi connectivity index (χ4v) is 4.20. The predicted molar refractivity (Wildman–Crippen MR) is 109 cm³/mol. The Bertz CT molecular complexity index is 1150. The molecule has 5 heteroatoms. The lowest BCUT2D eigenvalue weighted by molar-refractivity contribution is 0.574.